The summed E-state index contributed by atoms with van der Waals surface area (Å²) < 4.78 is 44.5. The highest BCUT2D eigenvalue weighted by Gasteiger charge is 2.08. The van der Waals surface area contributed by atoms with Gasteiger partial charge in [0, 0.05) is 10.2 Å². The molecule has 0 rings (SSSR count). The van der Waals surface area contributed by atoms with Crippen molar-refractivity contribution in [1.29, 1.82) is 0 Å². The first-order valence-corrected chi connectivity index (χ1v) is 4.68. The molecule has 10 heavy (non-hydrogen) atoms. The van der Waals surface area contributed by atoms with Gasteiger partial charge in [0.2, 0.25) is 0 Å². The van der Waals surface area contributed by atoms with Gasteiger partial charge >= 0.3 is 6.08 Å². The Labute approximate surface area is 64.3 Å². The van der Waals surface area contributed by atoms with E-state index in [4.69, 9.17) is 0 Å². The predicted molar refractivity (Wildman–Crippen MR) is 37.0 cm³/mol. The molecule has 1 atom stereocenters. The Kier molecular flexibility index (Phi) is 5.02. The van der Waals surface area contributed by atoms with Crippen LogP contribution in [0.4, 0.5) is 13.2 Å². The van der Waals surface area contributed by atoms with Crippen molar-refractivity contribution in [2.45, 2.75) is 6.42 Å². The largest absolute Gasteiger partial charge is 0.605 e. The summed E-state index contributed by atoms with van der Waals surface area (Å²) in [4.78, 5) is 0. The van der Waals surface area contributed by atoms with E-state index in [0.29, 0.717) is 0 Å². The Balaban J connectivity index is 3.60. The first-order valence-electron chi connectivity index (χ1n) is 2.31. The molecule has 0 saturated carbocycles. The molecule has 0 heterocycles. The molecule has 0 bridgehead atoms. The molecule has 0 aromatic carbocycles. The van der Waals surface area contributed by atoms with Gasteiger partial charge in [-0.15, -0.1) is 0 Å². The van der Waals surface area contributed by atoms with Gasteiger partial charge in [0.15, 0.2) is 5.83 Å². The molecule has 0 fully saturated rings. The van der Waals surface area contributed by atoms with Gasteiger partial charge in [0.25, 0.3) is 0 Å². The minimum atomic E-state index is -2.35. The lowest BCUT2D eigenvalue weighted by Crippen LogP contribution is -1.97. The van der Waals surface area contributed by atoms with Crippen LogP contribution in [-0.2, 0) is 10.2 Å². The molecule has 0 aliphatic carbocycles. The SMILES string of the molecule is [O-][S+](S)CCC(F)=C(F)F. The fourth-order valence-corrected chi connectivity index (χ4v) is 0.899. The standard InChI is InChI=1S/C4H5F3OS2/c5-3(4(6)7)1-2-10(8)9/h1-2H2,(H,8,9). The molecule has 0 spiro atoms. The summed E-state index contributed by atoms with van der Waals surface area (Å²) in [5.74, 6) is -1.70. The van der Waals surface area contributed by atoms with E-state index in [0.717, 1.165) is 0 Å². The van der Waals surface area contributed by atoms with Gasteiger partial charge in [-0.2, -0.15) is 8.78 Å². The van der Waals surface area contributed by atoms with Crippen molar-refractivity contribution in [3.8, 4) is 0 Å². The first-order chi connectivity index (χ1) is 4.54. The minimum Gasteiger partial charge on any atom is -0.605 e. The van der Waals surface area contributed by atoms with Gasteiger partial charge in [-0.05, 0) is 0 Å². The lowest BCUT2D eigenvalue weighted by molar-refractivity contribution is 0.373. The van der Waals surface area contributed by atoms with Crippen molar-refractivity contribution in [2.75, 3.05) is 5.75 Å². The zero-order valence-electron chi connectivity index (χ0n) is 4.81. The maximum absolute atomic E-state index is 11.8. The van der Waals surface area contributed by atoms with E-state index in [1.54, 1.807) is 0 Å². The van der Waals surface area contributed by atoms with Crippen LogP contribution >= 0.6 is 11.7 Å². The number of allylic oxidation sites excluding steroid dienone is 1. The quantitative estimate of drug-likeness (QED) is 0.411. The number of rotatable bonds is 3. The maximum Gasteiger partial charge on any atom is 0.301 e. The number of thiol groups is 1. The number of hydrogen-bond donors (Lipinski definition) is 1. The van der Waals surface area contributed by atoms with E-state index in [9.17, 15) is 17.7 Å². The van der Waals surface area contributed by atoms with Gasteiger partial charge < -0.3 is 4.55 Å². The fourth-order valence-electron chi connectivity index (χ4n) is 0.271. The van der Waals surface area contributed by atoms with Gasteiger partial charge in [-0.25, -0.2) is 4.39 Å². The van der Waals surface area contributed by atoms with Crippen molar-refractivity contribution >= 4 is 21.9 Å². The van der Waals surface area contributed by atoms with Crippen LogP contribution in [0.1, 0.15) is 6.42 Å². The third-order valence-electron chi connectivity index (χ3n) is 0.701. The molecule has 0 radical (unpaired) electrons. The van der Waals surface area contributed by atoms with Crippen LogP contribution in [0.25, 0.3) is 0 Å². The van der Waals surface area contributed by atoms with Crippen molar-refractivity contribution in [3.05, 3.63) is 11.9 Å². The second kappa shape index (κ2) is 4.92. The average molecular weight is 190 g/mol. The van der Waals surface area contributed by atoms with Crippen molar-refractivity contribution < 1.29 is 17.7 Å². The topological polar surface area (TPSA) is 23.1 Å². The van der Waals surface area contributed by atoms with Crippen molar-refractivity contribution in [3.63, 3.8) is 0 Å². The summed E-state index contributed by atoms with van der Waals surface area (Å²) in [5, 5.41) is 0. The molecule has 0 aromatic heterocycles. The predicted octanol–water partition coefficient (Wildman–Crippen LogP) is 2.05. The van der Waals surface area contributed by atoms with Crippen LogP contribution in [-0.4, -0.2) is 10.3 Å². The molecule has 0 saturated heterocycles. The third-order valence-corrected chi connectivity index (χ3v) is 1.80. The smallest absolute Gasteiger partial charge is 0.301 e. The number of halogens is 3. The lowest BCUT2D eigenvalue weighted by Gasteiger charge is -1.98. The van der Waals surface area contributed by atoms with Crippen molar-refractivity contribution in [1.82, 2.24) is 0 Å². The van der Waals surface area contributed by atoms with Gasteiger partial charge in [0.05, 0.1) is 18.1 Å². The zero-order valence-corrected chi connectivity index (χ0v) is 6.52. The molecule has 0 amide bonds. The summed E-state index contributed by atoms with van der Waals surface area (Å²) in [6, 6.07) is 0. The van der Waals surface area contributed by atoms with E-state index in [2.05, 4.69) is 11.7 Å². The molecular formula is C4H5F3OS2. The second-order valence-electron chi connectivity index (χ2n) is 1.44. The van der Waals surface area contributed by atoms with E-state index < -0.39 is 28.5 Å². The van der Waals surface area contributed by atoms with Gasteiger partial charge in [-0.3, -0.25) is 0 Å². The first kappa shape index (κ1) is 10.2. The fraction of sp³-hybridized carbons (Fsp3) is 0.500. The second-order valence-corrected chi connectivity index (χ2v) is 3.71. The summed E-state index contributed by atoms with van der Waals surface area (Å²) in [6.07, 6.45) is -2.86. The molecule has 0 aromatic rings. The van der Waals surface area contributed by atoms with Crippen molar-refractivity contribution in [2.24, 2.45) is 0 Å². The molecule has 0 aliphatic rings. The molecule has 1 unspecified atom stereocenters. The van der Waals surface area contributed by atoms with Crippen LogP contribution in [0.3, 0.4) is 0 Å². The minimum absolute atomic E-state index is 0.188. The van der Waals surface area contributed by atoms with Gasteiger partial charge in [-0.1, -0.05) is 0 Å². The van der Waals surface area contributed by atoms with E-state index in [1.165, 1.54) is 0 Å². The highest BCUT2D eigenvalue weighted by atomic mass is 33.1. The van der Waals surface area contributed by atoms with Crippen LogP contribution in [0.5, 0.6) is 0 Å². The lowest BCUT2D eigenvalue weighted by atomic mass is 10.4. The molecule has 1 nitrogen and oxygen atoms in total. The van der Waals surface area contributed by atoms with Gasteiger partial charge in [0.1, 0.15) is 5.75 Å². The summed E-state index contributed by atoms with van der Waals surface area (Å²) in [7, 11) is -1.52. The Hall–Kier alpha value is 0.190. The Morgan fingerprint density at radius 1 is 1.40 bits per heavy atom. The maximum atomic E-state index is 11.8. The highest BCUT2D eigenvalue weighted by molar-refractivity contribution is 8.63. The molecule has 0 N–H and O–H groups in total. The zero-order chi connectivity index (χ0) is 8.15. The van der Waals surface area contributed by atoms with E-state index in [1.807, 2.05) is 0 Å². The number of hydrogen-bond acceptors (Lipinski definition) is 2. The van der Waals surface area contributed by atoms with Crippen LogP contribution in [0, 0.1) is 0 Å². The summed E-state index contributed by atoms with van der Waals surface area (Å²) in [6.45, 7) is 0. The van der Waals surface area contributed by atoms with Crippen LogP contribution in [0.2, 0.25) is 0 Å². The molecular weight excluding hydrogens is 185 g/mol. The Morgan fingerprint density at radius 3 is 2.20 bits per heavy atom. The molecule has 0 aliphatic heterocycles. The van der Waals surface area contributed by atoms with E-state index >= 15 is 0 Å². The van der Waals surface area contributed by atoms with Crippen LogP contribution < -0.4 is 0 Å². The monoisotopic (exact) mass is 190 g/mol. The third kappa shape index (κ3) is 5.01. The summed E-state index contributed by atoms with van der Waals surface area (Å²) in [5.41, 5.74) is 0. The molecule has 6 heteroatoms. The Bertz CT molecular complexity index is 132. The summed E-state index contributed by atoms with van der Waals surface area (Å²) >= 11 is 3.38. The normalized spacial score (nSPS) is 12.9. The highest BCUT2D eigenvalue weighted by Crippen LogP contribution is 2.14. The molecule has 60 valence electrons. The Morgan fingerprint density at radius 2 is 1.90 bits per heavy atom. The average Bonchev–Trinajstić information content (AvgIpc) is 1.82. The van der Waals surface area contributed by atoms with Crippen LogP contribution in [0.15, 0.2) is 11.9 Å². The van der Waals surface area contributed by atoms with E-state index in [-0.39, 0.29) is 5.75 Å².